The molecule has 1 fully saturated rings. The van der Waals surface area contributed by atoms with Crippen LogP contribution < -0.4 is 0 Å². The van der Waals surface area contributed by atoms with Gasteiger partial charge in [0.05, 0.1) is 0 Å². The minimum Gasteiger partial charge on any atom is -0.449 e. The van der Waals surface area contributed by atoms with Crippen molar-refractivity contribution in [2.45, 2.75) is 10.7 Å². The van der Waals surface area contributed by atoms with Crippen molar-refractivity contribution >= 4 is 29.0 Å². The highest BCUT2D eigenvalue weighted by atomic mass is 32.3. The normalized spacial score (nSPS) is 41.5. The SMILES string of the molecule is O=S1O[B-](F)(C(F)(F)F)OS(=O)C1(F)F. The van der Waals surface area contributed by atoms with Gasteiger partial charge in [0.25, 0.3) is 0 Å². The van der Waals surface area contributed by atoms with Crippen molar-refractivity contribution in [3.63, 3.8) is 0 Å². The van der Waals surface area contributed by atoms with E-state index in [4.69, 9.17) is 0 Å². The van der Waals surface area contributed by atoms with Crippen LogP contribution in [0.3, 0.4) is 0 Å². The molecule has 0 amide bonds. The zero-order valence-corrected chi connectivity index (χ0v) is 7.93. The van der Waals surface area contributed by atoms with Crippen molar-refractivity contribution in [3.05, 3.63) is 0 Å². The van der Waals surface area contributed by atoms with Crippen molar-refractivity contribution < 1.29 is 42.9 Å². The van der Waals surface area contributed by atoms with Gasteiger partial charge in [-0.15, -0.1) is 0 Å². The van der Waals surface area contributed by atoms with Gasteiger partial charge in [0.2, 0.25) is 22.2 Å². The summed E-state index contributed by atoms with van der Waals surface area (Å²) in [6.07, 6.45) is -5.83. The van der Waals surface area contributed by atoms with E-state index < -0.39 is 39.7 Å². The molecule has 90 valence electrons. The van der Waals surface area contributed by atoms with Crippen molar-refractivity contribution in [1.82, 2.24) is 0 Å². The molecular weight excluding hydrogens is 277 g/mol. The Morgan fingerprint density at radius 3 is 1.67 bits per heavy atom. The van der Waals surface area contributed by atoms with Crippen LogP contribution in [0.15, 0.2) is 0 Å². The first-order valence-corrected chi connectivity index (χ1v) is 5.15. The highest BCUT2D eigenvalue weighted by Crippen LogP contribution is 2.42. The van der Waals surface area contributed by atoms with Gasteiger partial charge in [0, 0.05) is 0 Å². The average Bonchev–Trinajstić information content (AvgIpc) is 1.99. The van der Waals surface area contributed by atoms with Crippen LogP contribution in [-0.4, -0.2) is 25.9 Å². The van der Waals surface area contributed by atoms with Gasteiger partial charge in [-0.3, -0.25) is 0 Å². The fourth-order valence-electron chi connectivity index (χ4n) is 0.518. The second-order valence-corrected chi connectivity index (χ2v) is 4.89. The maximum atomic E-state index is 12.7. The highest BCUT2D eigenvalue weighted by Gasteiger charge is 2.66. The highest BCUT2D eigenvalue weighted by molar-refractivity contribution is 8.01. The number of rotatable bonds is 0. The molecular formula is C2BF6O4S2-. The van der Waals surface area contributed by atoms with Gasteiger partial charge in [-0.05, 0) is 0 Å². The Bertz CT molecular complexity index is 308. The van der Waals surface area contributed by atoms with Crippen molar-refractivity contribution in [2.75, 3.05) is 0 Å². The van der Waals surface area contributed by atoms with E-state index in [1.54, 1.807) is 0 Å². The Morgan fingerprint density at radius 2 is 1.40 bits per heavy atom. The number of halogens is 6. The molecule has 0 saturated carbocycles. The van der Waals surface area contributed by atoms with E-state index in [0.29, 0.717) is 0 Å². The summed E-state index contributed by atoms with van der Waals surface area (Å²) in [5.74, 6) is 0. The molecule has 0 aromatic carbocycles. The van der Waals surface area contributed by atoms with Crippen LogP contribution in [0, 0.1) is 0 Å². The minimum absolute atomic E-state index is 2.90. The van der Waals surface area contributed by atoms with Crippen LogP contribution in [0.4, 0.5) is 26.3 Å². The van der Waals surface area contributed by atoms with Crippen LogP contribution in [-0.2, 0) is 30.4 Å². The van der Waals surface area contributed by atoms with Gasteiger partial charge >= 0.3 is 17.5 Å². The molecule has 15 heavy (non-hydrogen) atoms. The zero-order valence-electron chi connectivity index (χ0n) is 6.29. The van der Waals surface area contributed by atoms with E-state index in [9.17, 15) is 34.7 Å². The number of hydrogen-bond acceptors (Lipinski definition) is 4. The third-order valence-electron chi connectivity index (χ3n) is 1.20. The topological polar surface area (TPSA) is 52.6 Å². The maximum absolute atomic E-state index is 12.7. The van der Waals surface area contributed by atoms with Crippen LogP contribution in [0.5, 0.6) is 0 Å². The summed E-state index contributed by atoms with van der Waals surface area (Å²) in [5, 5.41) is 0. The van der Waals surface area contributed by atoms with Gasteiger partial charge < -0.3 is 12.5 Å². The van der Waals surface area contributed by atoms with Gasteiger partial charge in [0.1, 0.15) is 0 Å². The predicted octanol–water partition coefficient (Wildman–Crippen LogP) is 0.921. The minimum atomic E-state index is -5.83. The van der Waals surface area contributed by atoms with E-state index in [-0.39, 0.29) is 0 Å². The molecule has 1 saturated heterocycles. The third kappa shape index (κ3) is 2.05. The van der Waals surface area contributed by atoms with E-state index >= 15 is 0 Å². The summed E-state index contributed by atoms with van der Waals surface area (Å²) in [4.78, 5) is 0. The maximum Gasteiger partial charge on any atom is 0.542 e. The zero-order chi connectivity index (χ0) is 12.1. The fourth-order valence-corrected chi connectivity index (χ4v) is 2.22. The lowest BCUT2D eigenvalue weighted by Gasteiger charge is -2.39. The van der Waals surface area contributed by atoms with Crippen LogP contribution in [0.1, 0.15) is 0 Å². The van der Waals surface area contributed by atoms with Crippen molar-refractivity contribution in [1.29, 1.82) is 0 Å². The molecule has 2 unspecified atom stereocenters. The molecule has 1 heterocycles. The Labute approximate surface area is 83.3 Å². The Balaban J connectivity index is 3.06. The largest absolute Gasteiger partial charge is 0.542 e. The van der Waals surface area contributed by atoms with Gasteiger partial charge in [-0.25, -0.2) is 21.6 Å². The second-order valence-electron chi connectivity index (χ2n) is 2.29. The van der Waals surface area contributed by atoms with Gasteiger partial charge in [0.15, 0.2) is 0 Å². The molecule has 0 N–H and O–H groups in total. The molecule has 13 heteroatoms. The second kappa shape index (κ2) is 3.43. The Morgan fingerprint density at radius 1 is 1.07 bits per heavy atom. The lowest BCUT2D eigenvalue weighted by atomic mass is 9.84. The molecule has 1 rings (SSSR count). The van der Waals surface area contributed by atoms with Crippen LogP contribution in [0.2, 0.25) is 0 Å². The summed E-state index contributed by atoms with van der Waals surface area (Å²) >= 11 is -8.04. The predicted molar refractivity (Wildman–Crippen MR) is 36.3 cm³/mol. The summed E-state index contributed by atoms with van der Waals surface area (Å²) in [6, 6.07) is 0. The summed E-state index contributed by atoms with van der Waals surface area (Å²) in [7, 11) is 0. The fraction of sp³-hybridized carbons (Fsp3) is 1.00. The lowest BCUT2D eigenvalue weighted by molar-refractivity contribution is -0.0945. The van der Waals surface area contributed by atoms with Gasteiger partial charge in [-0.2, -0.15) is 8.78 Å². The van der Waals surface area contributed by atoms with Crippen LogP contribution >= 0.6 is 0 Å². The van der Waals surface area contributed by atoms with E-state index in [1.807, 2.05) is 0 Å². The number of hydrogen-bond donors (Lipinski definition) is 0. The first-order chi connectivity index (χ1) is 6.51. The average molecular weight is 277 g/mol. The molecule has 0 spiro atoms. The smallest absolute Gasteiger partial charge is 0.449 e. The number of alkyl halides is 5. The molecule has 0 aliphatic carbocycles. The summed E-state index contributed by atoms with van der Waals surface area (Å²) in [5.41, 5.74) is 0. The molecule has 2 atom stereocenters. The molecule has 0 radical (unpaired) electrons. The summed E-state index contributed by atoms with van der Waals surface area (Å²) < 4.78 is 94.6. The third-order valence-corrected chi connectivity index (χ3v) is 3.64. The Kier molecular flexibility index (Phi) is 2.96. The van der Waals surface area contributed by atoms with Crippen LogP contribution in [0.25, 0.3) is 0 Å². The molecule has 0 aromatic heterocycles. The van der Waals surface area contributed by atoms with Crippen molar-refractivity contribution in [3.8, 4) is 0 Å². The van der Waals surface area contributed by atoms with Crippen molar-refractivity contribution in [2.24, 2.45) is 0 Å². The van der Waals surface area contributed by atoms with Gasteiger partial charge in [-0.1, -0.05) is 0 Å². The Hall–Kier alpha value is -0.135. The standard InChI is InChI=1S/C2BF6O4S2/c4-1(5,6)3(9)12-14(10)2(7,8)15(11)13-3/q-1. The molecule has 0 aromatic rings. The summed E-state index contributed by atoms with van der Waals surface area (Å²) in [6.45, 7) is -5.77. The van der Waals surface area contributed by atoms with E-state index in [0.717, 1.165) is 0 Å². The monoisotopic (exact) mass is 277 g/mol. The van der Waals surface area contributed by atoms with E-state index in [1.165, 1.54) is 0 Å². The molecule has 0 bridgehead atoms. The quantitative estimate of drug-likeness (QED) is 0.488. The van der Waals surface area contributed by atoms with E-state index in [2.05, 4.69) is 8.20 Å². The molecule has 4 nitrogen and oxygen atoms in total. The molecule has 1 aliphatic rings. The lowest BCUT2D eigenvalue weighted by Crippen LogP contribution is -2.60. The molecule has 1 aliphatic heterocycles. The first kappa shape index (κ1) is 12.9. The first-order valence-electron chi connectivity index (χ1n) is 3.00.